The predicted octanol–water partition coefficient (Wildman–Crippen LogP) is 2.46. The zero-order valence-corrected chi connectivity index (χ0v) is 13.6. The molecule has 0 aromatic heterocycles. The van der Waals surface area contributed by atoms with Crippen LogP contribution in [0, 0.1) is 0 Å². The Hall–Kier alpha value is -0.720. The molecule has 0 amide bonds. The van der Waals surface area contributed by atoms with Gasteiger partial charge in [0.05, 0.1) is 4.90 Å². The molecule has 0 bridgehead atoms. The van der Waals surface area contributed by atoms with E-state index in [1.807, 2.05) is 13.0 Å². The summed E-state index contributed by atoms with van der Waals surface area (Å²) in [5.41, 5.74) is 2.15. The molecule has 20 heavy (non-hydrogen) atoms. The largest absolute Gasteiger partial charge is 0.385 e. The van der Waals surface area contributed by atoms with Crippen LogP contribution < -0.4 is 10.0 Å². The number of sulfonamides is 1. The zero-order chi connectivity index (χ0) is 14.6. The van der Waals surface area contributed by atoms with E-state index in [-0.39, 0.29) is 6.04 Å². The number of aryl methyl sites for hydroxylation is 1. The average molecular weight is 314 g/mol. The summed E-state index contributed by atoms with van der Waals surface area (Å²) in [6.45, 7) is 4.88. The second-order valence-electron chi connectivity index (χ2n) is 5.03. The lowest BCUT2D eigenvalue weighted by Gasteiger charge is -2.19. The van der Waals surface area contributed by atoms with Crippen LogP contribution in [0.3, 0.4) is 0 Å². The van der Waals surface area contributed by atoms with Crippen LogP contribution in [0.5, 0.6) is 0 Å². The summed E-state index contributed by atoms with van der Waals surface area (Å²) in [4.78, 5) is 0.346. The van der Waals surface area contributed by atoms with Gasteiger partial charge in [-0.1, -0.05) is 13.0 Å². The summed E-state index contributed by atoms with van der Waals surface area (Å²) >= 11 is 1.74. The smallest absolute Gasteiger partial charge is 0.240 e. The predicted molar refractivity (Wildman–Crippen MR) is 86.0 cm³/mol. The van der Waals surface area contributed by atoms with Crippen LogP contribution in [0.1, 0.15) is 25.8 Å². The summed E-state index contributed by atoms with van der Waals surface area (Å²) in [5.74, 6) is 1.79. The lowest BCUT2D eigenvalue weighted by molar-refractivity contribution is 0.571. The molecular weight excluding hydrogens is 292 g/mol. The van der Waals surface area contributed by atoms with Crippen LogP contribution in [0.25, 0.3) is 0 Å². The van der Waals surface area contributed by atoms with Gasteiger partial charge in [-0.05, 0) is 43.2 Å². The highest BCUT2D eigenvalue weighted by atomic mass is 32.2. The second-order valence-corrected chi connectivity index (χ2v) is 8.06. The monoisotopic (exact) mass is 314 g/mol. The molecule has 0 saturated carbocycles. The molecule has 1 aliphatic rings. The summed E-state index contributed by atoms with van der Waals surface area (Å²) in [7, 11) is -3.43. The van der Waals surface area contributed by atoms with Crippen molar-refractivity contribution in [3.05, 3.63) is 23.8 Å². The van der Waals surface area contributed by atoms with Gasteiger partial charge < -0.3 is 5.32 Å². The van der Waals surface area contributed by atoms with Crippen LogP contribution in [0.15, 0.2) is 23.1 Å². The van der Waals surface area contributed by atoms with E-state index in [1.165, 1.54) is 5.56 Å². The SMILES string of the molecule is CCSCC(C)NS(=O)(=O)c1ccc2c(c1)NCCC2. The molecule has 1 aromatic rings. The standard InChI is InChI=1S/C14H22N2O2S2/c1-3-19-10-11(2)16-20(17,18)13-7-6-12-5-4-8-15-14(12)9-13/h6-7,9,11,15-16H,3-5,8,10H2,1-2H3. The minimum Gasteiger partial charge on any atom is -0.385 e. The van der Waals surface area contributed by atoms with E-state index in [9.17, 15) is 8.42 Å². The van der Waals surface area contributed by atoms with Crippen molar-refractivity contribution in [2.24, 2.45) is 0 Å². The molecule has 0 fully saturated rings. The maximum atomic E-state index is 12.3. The van der Waals surface area contributed by atoms with Crippen molar-refractivity contribution < 1.29 is 8.42 Å². The number of hydrogen-bond acceptors (Lipinski definition) is 4. The number of benzene rings is 1. The van der Waals surface area contributed by atoms with E-state index in [4.69, 9.17) is 0 Å². The quantitative estimate of drug-likeness (QED) is 0.847. The van der Waals surface area contributed by atoms with Gasteiger partial charge in [0.15, 0.2) is 0 Å². The van der Waals surface area contributed by atoms with Crippen LogP contribution in [-0.4, -0.2) is 32.5 Å². The van der Waals surface area contributed by atoms with Crippen molar-refractivity contribution in [3.8, 4) is 0 Å². The first kappa shape index (κ1) is 15.7. The Bertz CT molecular complexity index is 558. The first-order valence-corrected chi connectivity index (χ1v) is 9.63. The Morgan fingerprint density at radius 1 is 1.45 bits per heavy atom. The Labute approximate surface area is 125 Å². The van der Waals surface area contributed by atoms with Crippen molar-refractivity contribution in [2.75, 3.05) is 23.4 Å². The van der Waals surface area contributed by atoms with Gasteiger partial charge >= 0.3 is 0 Å². The highest BCUT2D eigenvalue weighted by molar-refractivity contribution is 7.99. The van der Waals surface area contributed by atoms with Gasteiger partial charge in [0, 0.05) is 24.0 Å². The number of anilines is 1. The first-order valence-electron chi connectivity index (χ1n) is 7.00. The van der Waals surface area contributed by atoms with E-state index in [2.05, 4.69) is 17.0 Å². The van der Waals surface area contributed by atoms with Gasteiger partial charge in [-0.3, -0.25) is 0 Å². The molecule has 0 aliphatic carbocycles. The molecule has 1 aromatic carbocycles. The van der Waals surface area contributed by atoms with Gasteiger partial charge in [0.2, 0.25) is 10.0 Å². The molecular formula is C14H22N2O2S2. The topological polar surface area (TPSA) is 58.2 Å². The molecule has 4 nitrogen and oxygen atoms in total. The molecule has 2 rings (SSSR count). The third-order valence-electron chi connectivity index (χ3n) is 3.26. The number of hydrogen-bond donors (Lipinski definition) is 2. The molecule has 1 unspecified atom stereocenters. The highest BCUT2D eigenvalue weighted by Gasteiger charge is 2.19. The lowest BCUT2D eigenvalue weighted by atomic mass is 10.0. The van der Waals surface area contributed by atoms with Gasteiger partial charge in [0.25, 0.3) is 0 Å². The maximum absolute atomic E-state index is 12.3. The Balaban J connectivity index is 2.13. The van der Waals surface area contributed by atoms with E-state index in [0.29, 0.717) is 4.90 Å². The van der Waals surface area contributed by atoms with Crippen LogP contribution in [0.4, 0.5) is 5.69 Å². The fourth-order valence-corrected chi connectivity index (χ4v) is 4.32. The van der Waals surface area contributed by atoms with E-state index < -0.39 is 10.0 Å². The van der Waals surface area contributed by atoms with Crippen LogP contribution in [-0.2, 0) is 16.4 Å². The third-order valence-corrected chi connectivity index (χ3v) is 5.99. The fraction of sp³-hybridized carbons (Fsp3) is 0.571. The minimum absolute atomic E-state index is 0.0612. The van der Waals surface area contributed by atoms with E-state index in [1.54, 1.807) is 23.9 Å². The van der Waals surface area contributed by atoms with Crippen molar-refractivity contribution in [3.63, 3.8) is 0 Å². The Morgan fingerprint density at radius 3 is 3.00 bits per heavy atom. The van der Waals surface area contributed by atoms with Crippen LogP contribution in [0.2, 0.25) is 0 Å². The summed E-state index contributed by atoms with van der Waals surface area (Å²) in [6.07, 6.45) is 2.11. The normalized spacial score (nSPS) is 16.3. The minimum atomic E-state index is -3.43. The second kappa shape index (κ2) is 6.83. The number of thioether (sulfide) groups is 1. The molecule has 6 heteroatoms. The van der Waals surface area contributed by atoms with E-state index >= 15 is 0 Å². The third kappa shape index (κ3) is 3.90. The Kier molecular flexibility index (Phi) is 5.35. The van der Waals surface area contributed by atoms with E-state index in [0.717, 1.165) is 36.6 Å². The molecule has 0 saturated heterocycles. The van der Waals surface area contributed by atoms with Crippen molar-refractivity contribution in [1.29, 1.82) is 0 Å². The van der Waals surface area contributed by atoms with Gasteiger partial charge in [0.1, 0.15) is 0 Å². The Morgan fingerprint density at radius 2 is 2.25 bits per heavy atom. The summed E-state index contributed by atoms with van der Waals surface area (Å²) in [6, 6.07) is 5.31. The molecule has 0 radical (unpaired) electrons. The van der Waals surface area contributed by atoms with Crippen molar-refractivity contribution in [1.82, 2.24) is 4.72 Å². The van der Waals surface area contributed by atoms with Gasteiger partial charge in [-0.2, -0.15) is 11.8 Å². The van der Waals surface area contributed by atoms with Gasteiger partial charge in [-0.25, -0.2) is 13.1 Å². The number of fused-ring (bicyclic) bond motifs is 1. The molecule has 2 N–H and O–H groups in total. The van der Waals surface area contributed by atoms with Crippen molar-refractivity contribution >= 4 is 27.5 Å². The molecule has 1 atom stereocenters. The van der Waals surface area contributed by atoms with Gasteiger partial charge in [-0.15, -0.1) is 0 Å². The fourth-order valence-electron chi connectivity index (χ4n) is 2.27. The molecule has 0 spiro atoms. The summed E-state index contributed by atoms with van der Waals surface area (Å²) < 4.78 is 27.4. The average Bonchev–Trinajstić information content (AvgIpc) is 2.44. The molecule has 112 valence electrons. The number of rotatable bonds is 6. The molecule has 1 heterocycles. The zero-order valence-electron chi connectivity index (χ0n) is 12.0. The first-order chi connectivity index (χ1) is 9.53. The van der Waals surface area contributed by atoms with Crippen LogP contribution >= 0.6 is 11.8 Å². The van der Waals surface area contributed by atoms with Crippen molar-refractivity contribution in [2.45, 2.75) is 37.6 Å². The summed E-state index contributed by atoms with van der Waals surface area (Å²) in [5, 5.41) is 3.27. The highest BCUT2D eigenvalue weighted by Crippen LogP contribution is 2.25. The molecule has 1 aliphatic heterocycles. The lowest BCUT2D eigenvalue weighted by Crippen LogP contribution is -2.34. The maximum Gasteiger partial charge on any atom is 0.240 e. The number of nitrogens with one attached hydrogen (secondary N) is 2.